The van der Waals surface area contributed by atoms with Crippen LogP contribution < -0.4 is 17.0 Å². The molecule has 4 aromatic rings. The molecule has 4 aromatic heterocycles. The first kappa shape index (κ1) is 29.6. The van der Waals surface area contributed by atoms with Gasteiger partial charge in [-0.05, 0) is 12.5 Å². The van der Waals surface area contributed by atoms with E-state index < -0.39 is 77.2 Å². The molecule has 20 nitrogen and oxygen atoms in total. The van der Waals surface area contributed by atoms with Crippen molar-refractivity contribution in [3.05, 3.63) is 35.3 Å². The molecular formula is C21H26N9O11P2+. The van der Waals surface area contributed by atoms with E-state index in [1.807, 2.05) is 0 Å². The zero-order chi connectivity index (χ0) is 30.6. The van der Waals surface area contributed by atoms with Crippen LogP contribution in [0.2, 0.25) is 0 Å². The predicted octanol–water partition coefficient (Wildman–Crippen LogP) is -1.13. The van der Waals surface area contributed by atoms with E-state index in [0.717, 1.165) is 0 Å². The number of rotatable bonds is 9. The molecule has 0 aliphatic carbocycles. The number of hydrogen-bond acceptors (Lipinski definition) is 15. The third-order valence-electron chi connectivity index (χ3n) is 7.27. The summed E-state index contributed by atoms with van der Waals surface area (Å²) in [5.74, 6) is -0.0495. The Kier molecular flexibility index (Phi) is 7.76. The number of anilines is 2. The smallest absolute Gasteiger partial charge is 0.394 e. The Morgan fingerprint density at radius 3 is 2.72 bits per heavy atom. The zero-order valence-corrected chi connectivity index (χ0v) is 23.6. The first-order valence-corrected chi connectivity index (χ1v) is 15.4. The highest BCUT2D eigenvalue weighted by atomic mass is 31.2. The summed E-state index contributed by atoms with van der Waals surface area (Å²) in [5, 5.41) is 21.2. The van der Waals surface area contributed by atoms with E-state index in [2.05, 4.69) is 24.9 Å². The fourth-order valence-electron chi connectivity index (χ4n) is 5.31. The Labute approximate surface area is 240 Å². The Morgan fingerprint density at radius 2 is 1.98 bits per heavy atom. The molecule has 0 aromatic carbocycles. The van der Waals surface area contributed by atoms with Crippen molar-refractivity contribution in [2.75, 3.05) is 24.7 Å². The molecular weight excluding hydrogens is 616 g/mol. The molecule has 2 saturated heterocycles. The molecule has 0 amide bonds. The molecule has 0 radical (unpaired) electrons. The van der Waals surface area contributed by atoms with Crippen LogP contribution in [-0.4, -0.2) is 97.3 Å². The van der Waals surface area contributed by atoms with Crippen molar-refractivity contribution in [2.24, 2.45) is 0 Å². The van der Waals surface area contributed by atoms with Crippen LogP contribution in [-0.2, 0) is 27.7 Å². The van der Waals surface area contributed by atoms with Crippen molar-refractivity contribution < 1.29 is 47.7 Å². The second-order valence-electron chi connectivity index (χ2n) is 9.85. The van der Waals surface area contributed by atoms with Crippen molar-refractivity contribution >= 4 is 49.8 Å². The highest BCUT2D eigenvalue weighted by Crippen LogP contribution is 2.57. The van der Waals surface area contributed by atoms with Gasteiger partial charge in [0.05, 0.1) is 31.0 Å². The maximum atomic E-state index is 13.7. The maximum absolute atomic E-state index is 13.7. The summed E-state index contributed by atoms with van der Waals surface area (Å²) >= 11 is 0. The summed E-state index contributed by atoms with van der Waals surface area (Å²) in [6.45, 7) is -1.16. The maximum Gasteiger partial charge on any atom is 0.695 e. The number of aromatic nitrogens is 7. The monoisotopic (exact) mass is 642 g/mol. The lowest BCUT2D eigenvalue weighted by Gasteiger charge is -2.25. The molecule has 2 aliphatic rings. The second-order valence-corrected chi connectivity index (χ2v) is 12.6. The number of nitrogens with two attached hydrogens (primary N) is 2. The number of aliphatic hydroxyl groups is 2. The van der Waals surface area contributed by atoms with Gasteiger partial charge < -0.3 is 45.1 Å². The van der Waals surface area contributed by atoms with Gasteiger partial charge >= 0.3 is 15.9 Å². The molecule has 43 heavy (non-hydrogen) atoms. The number of nitrogens with zero attached hydrogens (tertiary/aromatic N) is 6. The van der Waals surface area contributed by atoms with Crippen molar-refractivity contribution in [1.29, 1.82) is 0 Å². The number of aromatic amines is 1. The van der Waals surface area contributed by atoms with Gasteiger partial charge in [0.2, 0.25) is 5.95 Å². The molecule has 0 spiro atoms. The Hall–Kier alpha value is -3.42. The molecule has 6 rings (SSSR count). The predicted molar refractivity (Wildman–Crippen MR) is 144 cm³/mol. The van der Waals surface area contributed by atoms with Crippen LogP contribution in [0.3, 0.4) is 0 Å². The standard InChI is InChI=1S/C21H25N9O11P2/c22-15-9-1-2-29(16(9)25-6-24-15)20-13(32)14(41-42(34)35)10(40-20)5-38-43(36,37)11-3-8(4-31)39-19(11)30-7-26-12-17(30)27-21(23)28-18(12)33/h1-2,6-8,10-11,13-14,19-20,31-32H,3-5H2,(H6-,22,23,24,25,27,28,33,34,35,36,37)/p+1. The Morgan fingerprint density at radius 1 is 1.19 bits per heavy atom. The molecule has 0 saturated carbocycles. The zero-order valence-electron chi connectivity index (χ0n) is 21.9. The van der Waals surface area contributed by atoms with Gasteiger partial charge in [0.1, 0.15) is 35.7 Å². The lowest BCUT2D eigenvalue weighted by molar-refractivity contribution is -0.0486. The minimum Gasteiger partial charge on any atom is -0.394 e. The molecule has 22 heteroatoms. The van der Waals surface area contributed by atoms with E-state index in [0.29, 0.717) is 11.0 Å². The van der Waals surface area contributed by atoms with Gasteiger partial charge in [-0.15, -0.1) is 9.42 Å². The highest BCUT2D eigenvalue weighted by molar-refractivity contribution is 7.53. The van der Waals surface area contributed by atoms with Crippen LogP contribution in [0.4, 0.5) is 11.8 Å². The van der Waals surface area contributed by atoms with Gasteiger partial charge in [0.15, 0.2) is 29.7 Å². The van der Waals surface area contributed by atoms with Crippen LogP contribution in [0.25, 0.3) is 22.2 Å². The van der Waals surface area contributed by atoms with Gasteiger partial charge in [-0.2, -0.15) is 4.98 Å². The molecule has 9 N–H and O–H groups in total. The van der Waals surface area contributed by atoms with E-state index in [1.54, 1.807) is 6.07 Å². The number of nitrogen functional groups attached to an aromatic ring is 2. The van der Waals surface area contributed by atoms with Crippen LogP contribution in [0.15, 0.2) is 29.7 Å². The van der Waals surface area contributed by atoms with E-state index in [1.165, 1.54) is 28.0 Å². The lowest BCUT2D eigenvalue weighted by Crippen LogP contribution is -2.35. The fourth-order valence-corrected chi connectivity index (χ4v) is 7.37. The summed E-state index contributed by atoms with van der Waals surface area (Å²) in [6, 6.07) is 1.59. The molecule has 2 fully saturated rings. The van der Waals surface area contributed by atoms with Crippen molar-refractivity contribution in [3.8, 4) is 0 Å². The fraction of sp³-hybridized carbons (Fsp3) is 0.476. The Bertz CT molecular complexity index is 1800. The topological polar surface area (TPSA) is 298 Å². The van der Waals surface area contributed by atoms with Crippen LogP contribution in [0, 0.1) is 0 Å². The van der Waals surface area contributed by atoms with Crippen molar-refractivity contribution in [1.82, 2.24) is 34.1 Å². The molecule has 230 valence electrons. The highest BCUT2D eigenvalue weighted by Gasteiger charge is 2.53. The number of hydrogen-bond donors (Lipinski definition) is 7. The summed E-state index contributed by atoms with van der Waals surface area (Å²) in [4.78, 5) is 51.2. The molecule has 0 bridgehead atoms. The lowest BCUT2D eigenvalue weighted by atomic mass is 10.1. The van der Waals surface area contributed by atoms with Crippen LogP contribution in [0.1, 0.15) is 18.9 Å². The summed E-state index contributed by atoms with van der Waals surface area (Å²) in [5.41, 5.74) is 9.79. The van der Waals surface area contributed by atoms with E-state index >= 15 is 0 Å². The average molecular weight is 642 g/mol. The normalized spacial score (nSPS) is 29.4. The largest absolute Gasteiger partial charge is 0.695 e. The van der Waals surface area contributed by atoms with Gasteiger partial charge in [-0.25, -0.2) is 15.0 Å². The first-order valence-electron chi connectivity index (χ1n) is 12.7. The number of H-pyrrole nitrogens is 1. The number of nitrogens with one attached hydrogen (secondary N) is 1. The summed E-state index contributed by atoms with van der Waals surface area (Å²) < 4.78 is 50.1. The van der Waals surface area contributed by atoms with Crippen molar-refractivity contribution in [3.63, 3.8) is 0 Å². The van der Waals surface area contributed by atoms with Gasteiger partial charge in [0.25, 0.3) is 5.56 Å². The van der Waals surface area contributed by atoms with Gasteiger partial charge in [-0.3, -0.25) is 18.9 Å². The first-order chi connectivity index (χ1) is 20.5. The van der Waals surface area contributed by atoms with Crippen LogP contribution >= 0.6 is 15.9 Å². The quantitative estimate of drug-likeness (QED) is 0.106. The van der Waals surface area contributed by atoms with Gasteiger partial charge in [-0.1, -0.05) is 0 Å². The molecule has 6 heterocycles. The van der Waals surface area contributed by atoms with Crippen molar-refractivity contribution in [2.45, 2.75) is 49.0 Å². The average Bonchev–Trinajstić information content (AvgIpc) is 3.73. The molecule has 2 aliphatic heterocycles. The molecule has 9 unspecified atom stereocenters. The second kappa shape index (κ2) is 11.3. The molecule has 9 atom stereocenters. The Balaban J connectivity index is 1.26. The summed E-state index contributed by atoms with van der Waals surface area (Å²) in [7, 11) is -7.90. The number of imidazole rings is 1. The summed E-state index contributed by atoms with van der Waals surface area (Å²) in [6.07, 6.45) is -3.91. The third-order valence-corrected chi connectivity index (χ3v) is 9.52. The van der Waals surface area contributed by atoms with Gasteiger partial charge in [0, 0.05) is 10.8 Å². The minimum atomic E-state index is -4.67. The third kappa shape index (κ3) is 5.31. The van der Waals surface area contributed by atoms with E-state index in [9.17, 15) is 33.9 Å². The minimum absolute atomic E-state index is 0.0245. The van der Waals surface area contributed by atoms with Crippen LogP contribution in [0.5, 0.6) is 0 Å². The number of aliphatic hydroxyl groups excluding tert-OH is 2. The number of ether oxygens (including phenoxy) is 2. The number of fused-ring (bicyclic) bond motifs is 2. The van der Waals surface area contributed by atoms with E-state index in [-0.39, 0.29) is 29.4 Å². The SMILES string of the molecule is Nc1nc2c(ncn2C2OC(CO)CC2P(=O)(O)OCC2OC(n3ccc4c(N)ncnc43)C(O)C2O[P+](=O)O)c(=O)[nH]1. The van der Waals surface area contributed by atoms with E-state index in [4.69, 9.17) is 30.0 Å².